The van der Waals surface area contributed by atoms with Gasteiger partial charge < -0.3 is 0 Å². The van der Waals surface area contributed by atoms with Crippen LogP contribution in [0.5, 0.6) is 0 Å². The van der Waals surface area contributed by atoms with E-state index in [-0.39, 0.29) is 5.56 Å². The minimum absolute atomic E-state index is 0.0285. The van der Waals surface area contributed by atoms with Crippen LogP contribution in [0, 0.1) is 0 Å². The summed E-state index contributed by atoms with van der Waals surface area (Å²) in [4.78, 5) is 12.2. The maximum atomic E-state index is 12.2. The predicted octanol–water partition coefficient (Wildman–Crippen LogP) is 2.35. The number of rotatable bonds is 2. The van der Waals surface area contributed by atoms with Crippen LogP contribution in [-0.2, 0) is 0 Å². The first-order valence-corrected chi connectivity index (χ1v) is 6.87. The van der Waals surface area contributed by atoms with Crippen molar-refractivity contribution >= 4 is 5.65 Å². The first kappa shape index (κ1) is 11.4. The van der Waals surface area contributed by atoms with Gasteiger partial charge in [0.25, 0.3) is 5.56 Å². The monoisotopic (exact) mass is 266 g/mol. The number of benzene rings is 1. The van der Waals surface area contributed by atoms with Crippen molar-refractivity contribution in [1.82, 2.24) is 19.8 Å². The molecule has 1 fully saturated rings. The Hall–Kier alpha value is -2.43. The van der Waals surface area contributed by atoms with Crippen LogP contribution in [0.15, 0.2) is 41.2 Å². The third-order valence-corrected chi connectivity index (χ3v) is 4.03. The van der Waals surface area contributed by atoms with Crippen LogP contribution in [0.4, 0.5) is 0 Å². The van der Waals surface area contributed by atoms with Gasteiger partial charge in [0.15, 0.2) is 11.5 Å². The summed E-state index contributed by atoms with van der Waals surface area (Å²) in [6, 6.07) is 11.6. The molecule has 4 rings (SSSR count). The van der Waals surface area contributed by atoms with Gasteiger partial charge in [-0.2, -0.15) is 0 Å². The van der Waals surface area contributed by atoms with Crippen molar-refractivity contribution in [2.75, 3.05) is 0 Å². The zero-order chi connectivity index (χ0) is 13.5. The lowest BCUT2D eigenvalue weighted by molar-refractivity contribution is 0.416. The number of aromatic nitrogens is 4. The summed E-state index contributed by atoms with van der Waals surface area (Å²) in [5.74, 6) is 1.05. The molecule has 1 saturated carbocycles. The SMILES string of the molecule is O=c1[nH]n2c(-c3ccccc3)nnc2cc1C1CCC1. The summed E-state index contributed by atoms with van der Waals surface area (Å²) >= 11 is 0. The van der Waals surface area contributed by atoms with Gasteiger partial charge in [-0.15, -0.1) is 10.2 Å². The molecular formula is C15H14N4O. The lowest BCUT2D eigenvalue weighted by Gasteiger charge is -2.24. The van der Waals surface area contributed by atoms with E-state index in [9.17, 15) is 4.79 Å². The van der Waals surface area contributed by atoms with Crippen LogP contribution in [0.2, 0.25) is 0 Å². The summed E-state index contributed by atoms with van der Waals surface area (Å²) in [7, 11) is 0. The van der Waals surface area contributed by atoms with E-state index >= 15 is 0 Å². The summed E-state index contributed by atoms with van der Waals surface area (Å²) in [5, 5.41) is 11.3. The van der Waals surface area contributed by atoms with Crippen molar-refractivity contribution in [1.29, 1.82) is 0 Å². The Bertz CT molecular complexity index is 815. The number of aromatic amines is 1. The Balaban J connectivity index is 1.89. The highest BCUT2D eigenvalue weighted by Gasteiger charge is 2.23. The summed E-state index contributed by atoms with van der Waals surface area (Å²) < 4.78 is 1.67. The minimum Gasteiger partial charge on any atom is -0.268 e. The van der Waals surface area contributed by atoms with Gasteiger partial charge >= 0.3 is 0 Å². The third-order valence-electron chi connectivity index (χ3n) is 4.03. The Labute approximate surface area is 115 Å². The van der Waals surface area contributed by atoms with E-state index in [1.54, 1.807) is 4.52 Å². The van der Waals surface area contributed by atoms with Crippen molar-refractivity contribution in [2.24, 2.45) is 0 Å². The average molecular weight is 266 g/mol. The maximum absolute atomic E-state index is 12.2. The van der Waals surface area contributed by atoms with E-state index in [2.05, 4.69) is 15.3 Å². The average Bonchev–Trinajstić information content (AvgIpc) is 2.81. The highest BCUT2D eigenvalue weighted by molar-refractivity contribution is 5.58. The molecule has 20 heavy (non-hydrogen) atoms. The van der Waals surface area contributed by atoms with Gasteiger partial charge in [-0.05, 0) is 24.8 Å². The summed E-state index contributed by atoms with van der Waals surface area (Å²) in [6.45, 7) is 0. The van der Waals surface area contributed by atoms with Crippen molar-refractivity contribution in [2.45, 2.75) is 25.2 Å². The molecule has 5 nitrogen and oxygen atoms in total. The second-order valence-electron chi connectivity index (χ2n) is 5.25. The van der Waals surface area contributed by atoms with Gasteiger partial charge in [0.2, 0.25) is 0 Å². The predicted molar refractivity (Wildman–Crippen MR) is 75.6 cm³/mol. The zero-order valence-corrected chi connectivity index (χ0v) is 10.9. The number of hydrogen-bond donors (Lipinski definition) is 1. The largest absolute Gasteiger partial charge is 0.268 e. The molecule has 1 aromatic carbocycles. The fourth-order valence-corrected chi connectivity index (χ4v) is 2.67. The van der Waals surface area contributed by atoms with Crippen LogP contribution < -0.4 is 5.56 Å². The van der Waals surface area contributed by atoms with Gasteiger partial charge in [-0.25, -0.2) is 4.52 Å². The third kappa shape index (κ3) is 1.66. The molecule has 0 spiro atoms. The van der Waals surface area contributed by atoms with Gasteiger partial charge in [-0.1, -0.05) is 36.8 Å². The number of nitrogens with zero attached hydrogens (tertiary/aromatic N) is 3. The van der Waals surface area contributed by atoms with Crippen LogP contribution >= 0.6 is 0 Å². The quantitative estimate of drug-likeness (QED) is 0.774. The Morgan fingerprint density at radius 3 is 2.65 bits per heavy atom. The van der Waals surface area contributed by atoms with Crippen molar-refractivity contribution in [3.8, 4) is 11.4 Å². The molecule has 0 saturated heterocycles. The molecule has 0 aliphatic heterocycles. The number of H-pyrrole nitrogens is 1. The summed E-state index contributed by atoms with van der Waals surface area (Å²) in [5.41, 5.74) is 2.45. The normalized spacial score (nSPS) is 15.4. The molecule has 0 radical (unpaired) electrons. The van der Waals surface area contributed by atoms with Gasteiger partial charge in [0.1, 0.15) is 0 Å². The molecule has 3 aromatic rings. The molecule has 1 aliphatic carbocycles. The Morgan fingerprint density at radius 1 is 1.15 bits per heavy atom. The molecule has 1 N–H and O–H groups in total. The molecule has 0 unspecified atom stereocenters. The van der Waals surface area contributed by atoms with Crippen molar-refractivity contribution in [3.05, 3.63) is 52.3 Å². The highest BCUT2D eigenvalue weighted by atomic mass is 16.1. The maximum Gasteiger partial charge on any atom is 0.266 e. The molecule has 0 atom stereocenters. The van der Waals surface area contributed by atoms with E-state index in [1.807, 2.05) is 36.4 Å². The zero-order valence-electron chi connectivity index (χ0n) is 10.9. The van der Waals surface area contributed by atoms with Crippen LogP contribution in [-0.4, -0.2) is 19.8 Å². The van der Waals surface area contributed by atoms with E-state index in [1.165, 1.54) is 6.42 Å². The molecule has 0 bridgehead atoms. The molecule has 2 heterocycles. The number of hydrogen-bond acceptors (Lipinski definition) is 3. The number of fused-ring (bicyclic) bond motifs is 1. The Kier molecular flexibility index (Phi) is 2.45. The molecule has 100 valence electrons. The minimum atomic E-state index is -0.0285. The van der Waals surface area contributed by atoms with Crippen molar-refractivity contribution in [3.63, 3.8) is 0 Å². The lowest BCUT2D eigenvalue weighted by atomic mass is 9.81. The van der Waals surface area contributed by atoms with Gasteiger partial charge in [0.05, 0.1) is 0 Å². The smallest absolute Gasteiger partial charge is 0.266 e. The van der Waals surface area contributed by atoms with Crippen LogP contribution in [0.1, 0.15) is 30.7 Å². The first-order chi connectivity index (χ1) is 9.83. The molecular weight excluding hydrogens is 252 g/mol. The van der Waals surface area contributed by atoms with Crippen LogP contribution in [0.25, 0.3) is 17.0 Å². The molecule has 5 heteroatoms. The number of nitrogens with one attached hydrogen (secondary N) is 1. The topological polar surface area (TPSA) is 63.0 Å². The lowest BCUT2D eigenvalue weighted by Crippen LogP contribution is -2.23. The second-order valence-corrected chi connectivity index (χ2v) is 5.25. The van der Waals surface area contributed by atoms with E-state index in [4.69, 9.17) is 0 Å². The molecule has 2 aromatic heterocycles. The van der Waals surface area contributed by atoms with Crippen LogP contribution in [0.3, 0.4) is 0 Å². The fraction of sp³-hybridized carbons (Fsp3) is 0.267. The second kappa shape index (κ2) is 4.30. The molecule has 0 amide bonds. The first-order valence-electron chi connectivity index (χ1n) is 6.87. The summed E-state index contributed by atoms with van der Waals surface area (Å²) in [6.07, 6.45) is 3.40. The van der Waals surface area contributed by atoms with E-state index < -0.39 is 0 Å². The molecule has 1 aliphatic rings. The Morgan fingerprint density at radius 2 is 1.95 bits per heavy atom. The fourth-order valence-electron chi connectivity index (χ4n) is 2.67. The van der Waals surface area contributed by atoms with Crippen molar-refractivity contribution < 1.29 is 0 Å². The van der Waals surface area contributed by atoms with E-state index in [0.717, 1.165) is 24.0 Å². The van der Waals surface area contributed by atoms with Gasteiger partial charge in [0, 0.05) is 11.1 Å². The highest BCUT2D eigenvalue weighted by Crippen LogP contribution is 2.34. The standard InChI is InChI=1S/C15H14N4O/c20-15-12(10-7-4-8-10)9-13-16-17-14(19(13)18-15)11-5-2-1-3-6-11/h1-3,5-6,9-10H,4,7-8H2,(H,18,20). The van der Waals surface area contributed by atoms with E-state index in [0.29, 0.717) is 17.4 Å². The van der Waals surface area contributed by atoms with Gasteiger partial charge in [-0.3, -0.25) is 9.89 Å².